The molecule has 0 bridgehead atoms. The lowest BCUT2D eigenvalue weighted by Crippen LogP contribution is -2.18. The average molecular weight is 238 g/mol. The molecule has 0 aliphatic carbocycles. The first-order valence-corrected chi connectivity index (χ1v) is 5.20. The zero-order valence-electron chi connectivity index (χ0n) is 9.67. The van der Waals surface area contributed by atoms with Gasteiger partial charge in [-0.15, -0.1) is 0 Å². The highest BCUT2D eigenvalue weighted by Crippen LogP contribution is 2.08. The molecule has 0 fully saturated rings. The quantitative estimate of drug-likeness (QED) is 0.626. The molecule has 0 aromatic heterocycles. The van der Waals surface area contributed by atoms with Crippen molar-refractivity contribution in [3.8, 4) is 0 Å². The van der Waals surface area contributed by atoms with Crippen molar-refractivity contribution in [1.82, 2.24) is 0 Å². The summed E-state index contributed by atoms with van der Waals surface area (Å²) < 4.78 is 10.0. The summed E-state index contributed by atoms with van der Waals surface area (Å²) in [7, 11) is 0. The fourth-order valence-corrected chi connectivity index (χ4v) is 1.27. The Bertz CT molecular complexity index is 413. The van der Waals surface area contributed by atoms with Crippen LogP contribution in [-0.2, 0) is 9.47 Å². The molecule has 1 aromatic rings. The van der Waals surface area contributed by atoms with Gasteiger partial charge in [0.25, 0.3) is 0 Å². The van der Waals surface area contributed by atoms with Gasteiger partial charge in [-0.3, -0.25) is 0 Å². The number of carboxylic acid groups (broad SMARTS) is 1. The molecule has 0 saturated carbocycles. The van der Waals surface area contributed by atoms with Crippen molar-refractivity contribution in [2.24, 2.45) is 0 Å². The van der Waals surface area contributed by atoms with Crippen LogP contribution in [0.4, 0.5) is 0 Å². The molecule has 5 heteroatoms. The van der Waals surface area contributed by atoms with Crippen LogP contribution in [-0.4, -0.2) is 29.9 Å². The van der Waals surface area contributed by atoms with Gasteiger partial charge in [0, 0.05) is 6.61 Å². The maximum Gasteiger partial charge on any atom is 0.340 e. The number of carbonyl (C=O) groups excluding carboxylic acids is 1. The summed E-state index contributed by atoms with van der Waals surface area (Å²) in [6, 6.07) is 5.66. The van der Waals surface area contributed by atoms with Gasteiger partial charge in [0.05, 0.1) is 11.1 Å². The van der Waals surface area contributed by atoms with Crippen LogP contribution in [0.3, 0.4) is 0 Å². The molecule has 1 unspecified atom stereocenters. The van der Waals surface area contributed by atoms with E-state index in [1.165, 1.54) is 24.3 Å². The molecule has 0 radical (unpaired) electrons. The number of carboxylic acids is 1. The Labute approximate surface area is 99.0 Å². The van der Waals surface area contributed by atoms with Gasteiger partial charge < -0.3 is 14.6 Å². The number of aromatic carboxylic acids is 1. The van der Waals surface area contributed by atoms with Gasteiger partial charge in [-0.1, -0.05) is 6.07 Å². The highest BCUT2D eigenvalue weighted by molar-refractivity contribution is 5.94. The summed E-state index contributed by atoms with van der Waals surface area (Å²) in [5.41, 5.74) is 0.236. The lowest BCUT2D eigenvalue weighted by atomic mass is 10.1. The highest BCUT2D eigenvalue weighted by atomic mass is 16.7. The zero-order chi connectivity index (χ0) is 12.8. The predicted molar refractivity (Wildman–Crippen MR) is 59.9 cm³/mol. The molecule has 0 amide bonds. The molecule has 5 nitrogen and oxygen atoms in total. The standard InChI is InChI=1S/C12H14O5/c1-3-16-8(2)17-12(15)10-6-4-5-9(7-10)11(13)14/h4-8H,3H2,1-2H3,(H,13,14). The summed E-state index contributed by atoms with van der Waals surface area (Å²) in [5.74, 6) is -1.69. The normalized spacial score (nSPS) is 11.9. The Morgan fingerprint density at radius 1 is 1.35 bits per heavy atom. The van der Waals surface area contributed by atoms with Crippen LogP contribution < -0.4 is 0 Å². The summed E-state index contributed by atoms with van der Waals surface area (Å²) in [6.07, 6.45) is -0.652. The van der Waals surface area contributed by atoms with Gasteiger partial charge in [-0.2, -0.15) is 0 Å². The first-order valence-electron chi connectivity index (χ1n) is 5.20. The predicted octanol–water partition coefficient (Wildman–Crippen LogP) is 1.92. The maximum atomic E-state index is 11.6. The summed E-state index contributed by atoms with van der Waals surface area (Å²) in [5, 5.41) is 8.78. The fraction of sp³-hybridized carbons (Fsp3) is 0.333. The minimum atomic E-state index is -1.09. The van der Waals surface area contributed by atoms with Crippen LogP contribution in [0.5, 0.6) is 0 Å². The van der Waals surface area contributed by atoms with E-state index < -0.39 is 18.2 Å². The molecular formula is C12H14O5. The molecule has 0 heterocycles. The second-order valence-electron chi connectivity index (χ2n) is 3.31. The van der Waals surface area contributed by atoms with Crippen molar-refractivity contribution in [3.63, 3.8) is 0 Å². The minimum Gasteiger partial charge on any atom is -0.478 e. The maximum absolute atomic E-state index is 11.6. The monoisotopic (exact) mass is 238 g/mol. The van der Waals surface area contributed by atoms with Crippen molar-refractivity contribution in [2.75, 3.05) is 6.61 Å². The van der Waals surface area contributed by atoms with Crippen LogP contribution in [0.15, 0.2) is 24.3 Å². The molecule has 1 aromatic carbocycles. The minimum absolute atomic E-state index is 0.0449. The molecule has 92 valence electrons. The van der Waals surface area contributed by atoms with Gasteiger partial charge in [0.2, 0.25) is 0 Å². The molecular weight excluding hydrogens is 224 g/mol. The van der Waals surface area contributed by atoms with Crippen molar-refractivity contribution in [3.05, 3.63) is 35.4 Å². The Kier molecular flexibility index (Phi) is 4.66. The Morgan fingerprint density at radius 2 is 2.00 bits per heavy atom. The summed E-state index contributed by atoms with van der Waals surface area (Å²) in [6.45, 7) is 3.82. The molecule has 0 saturated heterocycles. The van der Waals surface area contributed by atoms with Gasteiger partial charge in [0.15, 0.2) is 6.29 Å². The zero-order valence-corrected chi connectivity index (χ0v) is 9.67. The lowest BCUT2D eigenvalue weighted by Gasteiger charge is -2.12. The second kappa shape index (κ2) is 6.00. The van der Waals surface area contributed by atoms with Crippen molar-refractivity contribution >= 4 is 11.9 Å². The Morgan fingerprint density at radius 3 is 2.59 bits per heavy atom. The molecule has 0 spiro atoms. The first-order chi connectivity index (χ1) is 8.04. The smallest absolute Gasteiger partial charge is 0.340 e. The topological polar surface area (TPSA) is 72.8 Å². The van der Waals surface area contributed by atoms with Crippen LogP contribution in [0, 0.1) is 0 Å². The van der Waals surface area contributed by atoms with E-state index in [2.05, 4.69) is 0 Å². The van der Waals surface area contributed by atoms with E-state index in [4.69, 9.17) is 14.6 Å². The van der Waals surface area contributed by atoms with Gasteiger partial charge in [-0.05, 0) is 32.0 Å². The Balaban J connectivity index is 2.75. The van der Waals surface area contributed by atoms with E-state index >= 15 is 0 Å². The van der Waals surface area contributed by atoms with Gasteiger partial charge >= 0.3 is 11.9 Å². The number of rotatable bonds is 5. The van der Waals surface area contributed by atoms with E-state index in [1.807, 2.05) is 0 Å². The lowest BCUT2D eigenvalue weighted by molar-refractivity contribution is -0.0940. The summed E-state index contributed by atoms with van der Waals surface area (Å²) in [4.78, 5) is 22.3. The van der Waals surface area contributed by atoms with E-state index in [1.54, 1.807) is 13.8 Å². The molecule has 1 N–H and O–H groups in total. The number of ether oxygens (including phenoxy) is 2. The SMILES string of the molecule is CCOC(C)OC(=O)c1cccc(C(=O)O)c1. The van der Waals surface area contributed by atoms with Crippen LogP contribution in [0.2, 0.25) is 0 Å². The van der Waals surface area contributed by atoms with Crippen LogP contribution in [0.25, 0.3) is 0 Å². The van der Waals surface area contributed by atoms with E-state index in [-0.39, 0.29) is 11.1 Å². The number of carbonyl (C=O) groups is 2. The number of esters is 1. The third-order valence-corrected chi connectivity index (χ3v) is 2.02. The molecule has 0 aliphatic heterocycles. The van der Waals surface area contributed by atoms with Crippen LogP contribution >= 0.6 is 0 Å². The number of hydrogen-bond acceptors (Lipinski definition) is 4. The van der Waals surface area contributed by atoms with Crippen molar-refractivity contribution < 1.29 is 24.2 Å². The Hall–Kier alpha value is -1.88. The van der Waals surface area contributed by atoms with Gasteiger partial charge in [-0.25, -0.2) is 9.59 Å². The average Bonchev–Trinajstić information content (AvgIpc) is 2.29. The first kappa shape index (κ1) is 13.2. The molecule has 1 rings (SSSR count). The fourth-order valence-electron chi connectivity index (χ4n) is 1.27. The third kappa shape index (κ3) is 3.88. The number of hydrogen-bond donors (Lipinski definition) is 1. The van der Waals surface area contributed by atoms with Crippen molar-refractivity contribution in [1.29, 1.82) is 0 Å². The van der Waals surface area contributed by atoms with E-state index in [0.29, 0.717) is 6.61 Å². The largest absolute Gasteiger partial charge is 0.478 e. The van der Waals surface area contributed by atoms with Gasteiger partial charge in [0.1, 0.15) is 0 Å². The van der Waals surface area contributed by atoms with E-state index in [0.717, 1.165) is 0 Å². The molecule has 0 aliphatic rings. The van der Waals surface area contributed by atoms with Crippen LogP contribution in [0.1, 0.15) is 34.6 Å². The third-order valence-electron chi connectivity index (χ3n) is 2.02. The molecule has 17 heavy (non-hydrogen) atoms. The summed E-state index contributed by atoms with van der Waals surface area (Å²) >= 11 is 0. The highest BCUT2D eigenvalue weighted by Gasteiger charge is 2.13. The number of benzene rings is 1. The molecule has 1 atom stereocenters. The second-order valence-corrected chi connectivity index (χ2v) is 3.31. The van der Waals surface area contributed by atoms with E-state index in [9.17, 15) is 9.59 Å². The van der Waals surface area contributed by atoms with Crippen molar-refractivity contribution in [2.45, 2.75) is 20.1 Å².